The van der Waals surface area contributed by atoms with Crippen LogP contribution in [0.1, 0.15) is 66.7 Å². The van der Waals surface area contributed by atoms with Gasteiger partial charge in [0.05, 0.1) is 22.9 Å². The number of amides is 1. The fourth-order valence-corrected chi connectivity index (χ4v) is 6.47. The van der Waals surface area contributed by atoms with Gasteiger partial charge in [0.25, 0.3) is 0 Å². The standard InChI is InChI=1S/C25H36ClNO5S/c1-24(2,3)32-23(28)27-21(16-31-25(27,4)5)22(26)20-15-11-6-8-12-18(20)17-33(29,30)19-13-9-7-10-14-19/h7,9-10,13-14,17,20-22H,6,8,11-12,15-16H2,1-5H3/b18-17-/t20-,21-,22-/m1/s1. The van der Waals surface area contributed by atoms with E-state index in [1.54, 1.807) is 35.2 Å². The van der Waals surface area contributed by atoms with E-state index in [1.807, 2.05) is 34.6 Å². The maximum absolute atomic E-state index is 13.1. The molecular formula is C25H36ClNO5S. The second kappa shape index (κ2) is 9.96. The summed E-state index contributed by atoms with van der Waals surface area (Å²) in [5.74, 6) is -0.180. The molecule has 0 unspecified atom stereocenters. The molecule has 0 bridgehead atoms. The highest BCUT2D eigenvalue weighted by atomic mass is 35.5. The van der Waals surface area contributed by atoms with E-state index in [4.69, 9.17) is 21.1 Å². The lowest BCUT2D eigenvalue weighted by Gasteiger charge is -2.38. The van der Waals surface area contributed by atoms with Crippen LogP contribution in [-0.2, 0) is 19.3 Å². The average Bonchev–Trinajstić information content (AvgIpc) is 2.87. The van der Waals surface area contributed by atoms with E-state index in [0.29, 0.717) is 6.42 Å². The minimum Gasteiger partial charge on any atom is -0.444 e. The molecule has 0 radical (unpaired) electrons. The molecule has 8 heteroatoms. The second-order valence-corrected chi connectivity index (χ2v) is 12.7. The number of allylic oxidation sites excluding steroid dienone is 1. The zero-order valence-corrected chi connectivity index (χ0v) is 21.8. The van der Waals surface area contributed by atoms with E-state index >= 15 is 0 Å². The third-order valence-corrected chi connectivity index (χ3v) is 8.33. The first-order chi connectivity index (χ1) is 15.3. The summed E-state index contributed by atoms with van der Waals surface area (Å²) in [4.78, 5) is 15.0. The molecule has 1 heterocycles. The summed E-state index contributed by atoms with van der Waals surface area (Å²) in [6, 6.07) is 8.01. The first-order valence-corrected chi connectivity index (χ1v) is 13.6. The van der Waals surface area contributed by atoms with Crippen molar-refractivity contribution in [3.63, 3.8) is 0 Å². The van der Waals surface area contributed by atoms with E-state index < -0.39 is 38.7 Å². The fraction of sp³-hybridized carbons (Fsp3) is 0.640. The summed E-state index contributed by atoms with van der Waals surface area (Å²) in [5.41, 5.74) is -0.699. The molecule has 1 aromatic rings. The predicted octanol–water partition coefficient (Wildman–Crippen LogP) is 5.90. The molecule has 0 N–H and O–H groups in total. The SMILES string of the molecule is CC(C)(C)OC(=O)N1[C@@H]([C@H](Cl)[C@@H]2CCCCC/C2=C/S(=O)(=O)c2ccccc2)COC1(C)C. The molecule has 1 aliphatic heterocycles. The van der Waals surface area contributed by atoms with Gasteiger partial charge in [-0.2, -0.15) is 0 Å². The van der Waals surface area contributed by atoms with Crippen LogP contribution in [0.3, 0.4) is 0 Å². The number of hydrogen-bond acceptors (Lipinski definition) is 5. The minimum atomic E-state index is -3.60. The molecule has 33 heavy (non-hydrogen) atoms. The highest BCUT2D eigenvalue weighted by molar-refractivity contribution is 7.94. The van der Waals surface area contributed by atoms with E-state index in [2.05, 4.69) is 0 Å². The van der Waals surface area contributed by atoms with Crippen LogP contribution < -0.4 is 0 Å². The number of benzene rings is 1. The molecule has 1 aromatic carbocycles. The van der Waals surface area contributed by atoms with Crippen molar-refractivity contribution in [1.82, 2.24) is 4.90 Å². The van der Waals surface area contributed by atoms with Gasteiger partial charge in [-0.15, -0.1) is 11.6 Å². The number of halogens is 1. The highest BCUT2D eigenvalue weighted by Gasteiger charge is 2.50. The molecule has 1 aliphatic carbocycles. The van der Waals surface area contributed by atoms with Crippen molar-refractivity contribution >= 4 is 27.5 Å². The molecule has 2 aliphatic rings. The van der Waals surface area contributed by atoms with E-state index in [9.17, 15) is 13.2 Å². The lowest BCUT2D eigenvalue weighted by molar-refractivity contribution is -0.0628. The van der Waals surface area contributed by atoms with Crippen LogP contribution >= 0.6 is 11.6 Å². The Balaban J connectivity index is 1.93. The number of carbonyl (C=O) groups is 1. The third-order valence-electron chi connectivity index (χ3n) is 6.20. The zero-order chi connectivity index (χ0) is 24.4. The highest BCUT2D eigenvalue weighted by Crippen LogP contribution is 2.41. The molecule has 3 rings (SSSR count). The Morgan fingerprint density at radius 2 is 1.88 bits per heavy atom. The molecule has 1 amide bonds. The molecule has 0 spiro atoms. The quantitative estimate of drug-likeness (QED) is 0.382. The fourth-order valence-electron chi connectivity index (χ4n) is 4.63. The van der Waals surface area contributed by atoms with E-state index in [1.165, 1.54) is 5.41 Å². The monoisotopic (exact) mass is 497 g/mol. The van der Waals surface area contributed by atoms with Gasteiger partial charge in [0.15, 0.2) is 9.84 Å². The van der Waals surface area contributed by atoms with Gasteiger partial charge >= 0.3 is 6.09 Å². The van der Waals surface area contributed by atoms with Gasteiger partial charge in [-0.05, 0) is 71.9 Å². The molecule has 3 atom stereocenters. The van der Waals surface area contributed by atoms with Gasteiger partial charge in [0, 0.05) is 5.41 Å². The van der Waals surface area contributed by atoms with Crippen molar-refractivity contribution in [2.45, 2.75) is 94.4 Å². The largest absolute Gasteiger partial charge is 0.444 e. The smallest absolute Gasteiger partial charge is 0.412 e. The number of ether oxygens (including phenoxy) is 2. The Bertz CT molecular complexity index is 968. The number of rotatable bonds is 4. The van der Waals surface area contributed by atoms with Crippen LogP contribution in [0, 0.1) is 5.92 Å². The van der Waals surface area contributed by atoms with Crippen molar-refractivity contribution in [3.8, 4) is 0 Å². The molecule has 1 saturated heterocycles. The average molecular weight is 498 g/mol. The van der Waals surface area contributed by atoms with Crippen molar-refractivity contribution in [2.75, 3.05) is 6.61 Å². The number of nitrogens with zero attached hydrogens (tertiary/aromatic N) is 1. The van der Waals surface area contributed by atoms with Gasteiger partial charge in [-0.1, -0.05) is 36.6 Å². The minimum absolute atomic E-state index is 0.180. The van der Waals surface area contributed by atoms with Crippen molar-refractivity contribution in [1.29, 1.82) is 0 Å². The molecule has 184 valence electrons. The van der Waals surface area contributed by atoms with Gasteiger partial charge < -0.3 is 9.47 Å². The molecule has 1 saturated carbocycles. The number of sulfone groups is 1. The number of hydrogen-bond donors (Lipinski definition) is 0. The summed E-state index contributed by atoms with van der Waals surface area (Å²) in [5, 5.41) is 0.904. The van der Waals surface area contributed by atoms with Crippen LogP contribution in [0.25, 0.3) is 0 Å². The van der Waals surface area contributed by atoms with Crippen molar-refractivity contribution in [2.24, 2.45) is 5.92 Å². The van der Waals surface area contributed by atoms with Gasteiger partial charge in [0.1, 0.15) is 11.3 Å². The first-order valence-electron chi connectivity index (χ1n) is 11.6. The van der Waals surface area contributed by atoms with Crippen LogP contribution in [-0.4, -0.2) is 48.8 Å². The van der Waals surface area contributed by atoms with Gasteiger partial charge in [-0.25, -0.2) is 13.2 Å². The summed E-state index contributed by atoms with van der Waals surface area (Å²) in [6.45, 7) is 9.39. The Morgan fingerprint density at radius 3 is 2.52 bits per heavy atom. The Morgan fingerprint density at radius 1 is 1.21 bits per heavy atom. The van der Waals surface area contributed by atoms with Crippen LogP contribution in [0.2, 0.25) is 0 Å². The molecule has 2 fully saturated rings. The topological polar surface area (TPSA) is 72.9 Å². The molecular weight excluding hydrogens is 462 g/mol. The molecule has 6 nitrogen and oxygen atoms in total. The van der Waals surface area contributed by atoms with Crippen LogP contribution in [0.15, 0.2) is 46.2 Å². The van der Waals surface area contributed by atoms with Crippen LogP contribution in [0.4, 0.5) is 4.79 Å². The first kappa shape index (κ1) is 26.0. The van der Waals surface area contributed by atoms with Crippen LogP contribution in [0.5, 0.6) is 0 Å². The van der Waals surface area contributed by atoms with Gasteiger partial charge in [-0.3, -0.25) is 4.90 Å². The zero-order valence-electron chi connectivity index (χ0n) is 20.2. The normalized spacial score (nSPS) is 26.1. The van der Waals surface area contributed by atoms with E-state index in [-0.39, 0.29) is 17.4 Å². The van der Waals surface area contributed by atoms with E-state index in [0.717, 1.165) is 31.3 Å². The third kappa shape index (κ3) is 6.31. The number of alkyl halides is 1. The summed E-state index contributed by atoms with van der Waals surface area (Å²) in [7, 11) is -3.60. The number of carbonyl (C=O) groups excluding carboxylic acids is 1. The second-order valence-electron chi connectivity index (χ2n) is 10.4. The summed E-state index contributed by atoms with van der Waals surface area (Å²) in [6.07, 6.45) is 3.85. The Kier molecular flexibility index (Phi) is 7.86. The van der Waals surface area contributed by atoms with Crippen molar-refractivity contribution < 1.29 is 22.7 Å². The Hall–Kier alpha value is -1.57. The predicted molar refractivity (Wildman–Crippen MR) is 130 cm³/mol. The molecule has 0 aromatic heterocycles. The van der Waals surface area contributed by atoms with Crippen molar-refractivity contribution in [3.05, 3.63) is 41.3 Å². The lowest BCUT2D eigenvalue weighted by Crippen LogP contribution is -2.53. The maximum atomic E-state index is 13.1. The Labute approximate surface area is 203 Å². The summed E-state index contributed by atoms with van der Waals surface area (Å²) >= 11 is 7.08. The summed E-state index contributed by atoms with van der Waals surface area (Å²) < 4.78 is 37.8. The van der Waals surface area contributed by atoms with Gasteiger partial charge in [0.2, 0.25) is 0 Å². The maximum Gasteiger partial charge on any atom is 0.412 e. The lowest BCUT2D eigenvalue weighted by atomic mass is 9.88.